The third-order valence-corrected chi connectivity index (χ3v) is 5.28. The number of nitrogens with zero attached hydrogens (tertiary/aromatic N) is 5. The molecule has 2 aromatic heterocycles. The molecule has 12 heteroatoms. The standard InChI is InChI=1S/C21H19N7O4S/c1-13(29)22-19-18(26-32-27-19)20-24-25-21(28(20)15-6-4-3-5-7-15)33-12-17(30)23-14-8-10-16(31-2)11-9-14/h3-11H,12H2,1-2H3,(H,23,30)(H,22,27,29). The number of methoxy groups -OCH3 is 1. The minimum atomic E-state index is -0.331. The summed E-state index contributed by atoms with van der Waals surface area (Å²) in [6, 6.07) is 16.4. The van der Waals surface area contributed by atoms with Crippen LogP contribution in [-0.2, 0) is 9.59 Å². The number of anilines is 2. The molecule has 4 rings (SSSR count). The number of aromatic nitrogens is 5. The summed E-state index contributed by atoms with van der Waals surface area (Å²) in [6.45, 7) is 1.35. The molecule has 33 heavy (non-hydrogen) atoms. The fourth-order valence-corrected chi connectivity index (χ4v) is 3.66. The van der Waals surface area contributed by atoms with Crippen LogP contribution >= 0.6 is 11.8 Å². The number of carbonyl (C=O) groups is 2. The number of benzene rings is 2. The van der Waals surface area contributed by atoms with Crippen molar-refractivity contribution in [2.45, 2.75) is 12.1 Å². The van der Waals surface area contributed by atoms with E-state index in [0.717, 1.165) is 5.69 Å². The van der Waals surface area contributed by atoms with Crippen molar-refractivity contribution in [3.63, 3.8) is 0 Å². The van der Waals surface area contributed by atoms with Gasteiger partial charge < -0.3 is 15.4 Å². The van der Waals surface area contributed by atoms with Crippen LogP contribution in [0.2, 0.25) is 0 Å². The molecule has 0 aliphatic carbocycles. The average molecular weight is 465 g/mol. The molecule has 0 saturated heterocycles. The highest BCUT2D eigenvalue weighted by atomic mass is 32.2. The van der Waals surface area contributed by atoms with Crippen LogP contribution in [0, 0.1) is 0 Å². The van der Waals surface area contributed by atoms with E-state index < -0.39 is 0 Å². The minimum absolute atomic E-state index is 0.0899. The molecule has 0 saturated carbocycles. The van der Waals surface area contributed by atoms with E-state index in [9.17, 15) is 9.59 Å². The van der Waals surface area contributed by atoms with Gasteiger partial charge in [0.05, 0.1) is 12.9 Å². The fourth-order valence-electron chi connectivity index (χ4n) is 2.91. The number of nitrogens with one attached hydrogen (secondary N) is 2. The molecule has 0 fully saturated rings. The SMILES string of the molecule is COc1ccc(NC(=O)CSc2nnc(-c3nonc3NC(C)=O)n2-c2ccccc2)cc1. The molecule has 2 N–H and O–H groups in total. The van der Waals surface area contributed by atoms with Gasteiger partial charge in [0, 0.05) is 18.3 Å². The Labute approximate surface area is 192 Å². The predicted octanol–water partition coefficient (Wildman–Crippen LogP) is 3.02. The van der Waals surface area contributed by atoms with E-state index in [1.165, 1.54) is 18.7 Å². The Morgan fingerprint density at radius 3 is 2.48 bits per heavy atom. The van der Waals surface area contributed by atoms with Gasteiger partial charge in [-0.05, 0) is 46.7 Å². The lowest BCUT2D eigenvalue weighted by atomic mass is 10.3. The second kappa shape index (κ2) is 9.96. The lowest BCUT2D eigenvalue weighted by molar-refractivity contribution is -0.114. The monoisotopic (exact) mass is 465 g/mol. The fraction of sp³-hybridized carbons (Fsp3) is 0.143. The molecule has 2 amide bonds. The van der Waals surface area contributed by atoms with Gasteiger partial charge in [-0.2, -0.15) is 0 Å². The van der Waals surface area contributed by atoms with E-state index in [1.807, 2.05) is 30.3 Å². The second-order valence-corrected chi connectivity index (χ2v) is 7.63. The van der Waals surface area contributed by atoms with Crippen molar-refractivity contribution >= 4 is 35.1 Å². The zero-order valence-corrected chi connectivity index (χ0v) is 18.5. The number of hydrogen-bond acceptors (Lipinski definition) is 9. The first-order valence-electron chi connectivity index (χ1n) is 9.73. The smallest absolute Gasteiger partial charge is 0.234 e. The van der Waals surface area contributed by atoms with E-state index in [2.05, 4.69) is 31.1 Å². The molecule has 0 unspecified atom stereocenters. The summed E-state index contributed by atoms with van der Waals surface area (Å²) in [6.07, 6.45) is 0. The van der Waals surface area contributed by atoms with Crippen molar-refractivity contribution < 1.29 is 19.0 Å². The van der Waals surface area contributed by atoms with E-state index >= 15 is 0 Å². The molecule has 2 aromatic carbocycles. The quantitative estimate of drug-likeness (QED) is 0.376. The van der Waals surface area contributed by atoms with Crippen LogP contribution in [0.1, 0.15) is 6.92 Å². The van der Waals surface area contributed by atoms with Gasteiger partial charge in [-0.3, -0.25) is 14.2 Å². The number of rotatable bonds is 8. The first kappa shape index (κ1) is 22.0. The summed E-state index contributed by atoms with van der Waals surface area (Å²) in [5, 5.41) is 21.9. The van der Waals surface area contributed by atoms with Crippen LogP contribution in [0.25, 0.3) is 17.2 Å². The van der Waals surface area contributed by atoms with Crippen molar-refractivity contribution in [3.05, 3.63) is 54.6 Å². The van der Waals surface area contributed by atoms with Crippen molar-refractivity contribution in [3.8, 4) is 23.0 Å². The Hall–Kier alpha value is -4.19. The Kier molecular flexibility index (Phi) is 6.64. The van der Waals surface area contributed by atoms with Crippen LogP contribution in [0.15, 0.2) is 64.4 Å². The van der Waals surface area contributed by atoms with Crippen LogP contribution in [0.5, 0.6) is 5.75 Å². The minimum Gasteiger partial charge on any atom is -0.497 e. The summed E-state index contributed by atoms with van der Waals surface area (Å²) in [5.41, 5.74) is 1.61. The summed E-state index contributed by atoms with van der Waals surface area (Å²) < 4.78 is 11.6. The van der Waals surface area contributed by atoms with Gasteiger partial charge >= 0.3 is 0 Å². The maximum atomic E-state index is 12.5. The molecule has 0 atom stereocenters. The number of hydrogen-bond donors (Lipinski definition) is 2. The van der Waals surface area contributed by atoms with Crippen molar-refractivity contribution in [1.82, 2.24) is 25.1 Å². The Morgan fingerprint density at radius 1 is 1.03 bits per heavy atom. The van der Waals surface area contributed by atoms with E-state index in [-0.39, 0.29) is 29.1 Å². The molecule has 2 heterocycles. The Balaban J connectivity index is 1.58. The van der Waals surface area contributed by atoms with Crippen LogP contribution in [0.4, 0.5) is 11.5 Å². The highest BCUT2D eigenvalue weighted by Crippen LogP contribution is 2.30. The maximum Gasteiger partial charge on any atom is 0.234 e. The molecule has 0 bridgehead atoms. The molecule has 0 aliphatic heterocycles. The molecular formula is C21H19N7O4S. The van der Waals surface area contributed by atoms with E-state index in [0.29, 0.717) is 22.4 Å². The molecule has 0 spiro atoms. The van der Waals surface area contributed by atoms with E-state index in [1.54, 1.807) is 35.9 Å². The zero-order valence-electron chi connectivity index (χ0n) is 17.7. The first-order chi connectivity index (χ1) is 16.0. The average Bonchev–Trinajstić information content (AvgIpc) is 3.45. The van der Waals surface area contributed by atoms with Gasteiger partial charge in [0.15, 0.2) is 16.7 Å². The lowest BCUT2D eigenvalue weighted by Gasteiger charge is -2.10. The highest BCUT2D eigenvalue weighted by Gasteiger charge is 2.24. The van der Waals surface area contributed by atoms with Gasteiger partial charge in [0.1, 0.15) is 5.75 Å². The largest absolute Gasteiger partial charge is 0.497 e. The maximum absolute atomic E-state index is 12.5. The van der Waals surface area contributed by atoms with Crippen molar-refractivity contribution in [2.75, 3.05) is 23.5 Å². The third kappa shape index (κ3) is 5.18. The Bertz CT molecular complexity index is 1260. The molecule has 0 aliphatic rings. The Morgan fingerprint density at radius 2 is 1.79 bits per heavy atom. The van der Waals surface area contributed by atoms with Crippen molar-refractivity contribution in [1.29, 1.82) is 0 Å². The van der Waals surface area contributed by atoms with Crippen LogP contribution in [0.3, 0.4) is 0 Å². The predicted molar refractivity (Wildman–Crippen MR) is 121 cm³/mol. The van der Waals surface area contributed by atoms with E-state index in [4.69, 9.17) is 9.37 Å². The lowest BCUT2D eigenvalue weighted by Crippen LogP contribution is -2.14. The summed E-state index contributed by atoms with van der Waals surface area (Å²) in [7, 11) is 1.58. The number of thioether (sulfide) groups is 1. The summed E-state index contributed by atoms with van der Waals surface area (Å²) in [4.78, 5) is 24.0. The van der Waals surface area contributed by atoms with Crippen molar-refractivity contribution in [2.24, 2.45) is 0 Å². The van der Waals surface area contributed by atoms with Crippen LogP contribution < -0.4 is 15.4 Å². The zero-order chi connectivity index (χ0) is 23.2. The van der Waals surface area contributed by atoms with Crippen LogP contribution in [-0.4, -0.2) is 49.8 Å². The number of carbonyl (C=O) groups excluding carboxylic acids is 2. The number of amides is 2. The molecule has 4 aromatic rings. The molecule has 11 nitrogen and oxygen atoms in total. The molecule has 0 radical (unpaired) electrons. The van der Waals surface area contributed by atoms with Gasteiger partial charge in [0.2, 0.25) is 17.6 Å². The highest BCUT2D eigenvalue weighted by molar-refractivity contribution is 7.99. The third-order valence-electron chi connectivity index (χ3n) is 4.35. The molecular weight excluding hydrogens is 446 g/mol. The van der Waals surface area contributed by atoms with Gasteiger partial charge in [-0.15, -0.1) is 10.2 Å². The number of ether oxygens (including phenoxy) is 1. The van der Waals surface area contributed by atoms with Gasteiger partial charge in [-0.25, -0.2) is 4.63 Å². The van der Waals surface area contributed by atoms with Gasteiger partial charge in [0.25, 0.3) is 0 Å². The topological polar surface area (TPSA) is 137 Å². The summed E-state index contributed by atoms with van der Waals surface area (Å²) >= 11 is 1.20. The molecule has 168 valence electrons. The normalized spacial score (nSPS) is 10.6. The number of para-hydroxylation sites is 1. The first-order valence-corrected chi connectivity index (χ1v) is 10.7. The van der Waals surface area contributed by atoms with Gasteiger partial charge in [-0.1, -0.05) is 30.0 Å². The second-order valence-electron chi connectivity index (χ2n) is 6.69. The summed E-state index contributed by atoms with van der Waals surface area (Å²) in [5.74, 6) is 0.683.